The van der Waals surface area contributed by atoms with Gasteiger partial charge in [-0.25, -0.2) is 14.5 Å². The summed E-state index contributed by atoms with van der Waals surface area (Å²) in [7, 11) is 0. The smallest absolute Gasteiger partial charge is 0.416 e. The van der Waals surface area contributed by atoms with Crippen LogP contribution in [0.5, 0.6) is 11.5 Å². The van der Waals surface area contributed by atoms with E-state index in [9.17, 15) is 28.0 Å². The molecule has 0 fully saturated rings. The van der Waals surface area contributed by atoms with E-state index in [1.54, 1.807) is 0 Å². The number of hydrogen-bond donors (Lipinski definition) is 5. The molecule has 2 aromatic carbocycles. The number of anilines is 2. The van der Waals surface area contributed by atoms with Crippen molar-refractivity contribution in [2.75, 3.05) is 23.8 Å². The summed E-state index contributed by atoms with van der Waals surface area (Å²) in [5.74, 6) is -0.0851. The number of nitrogens with one attached hydrogen (secondary N) is 3. The Bertz CT molecular complexity index is 1460. The number of carbonyl (C=O) groups excluding carboxylic acids is 2. The third kappa shape index (κ3) is 6.78. The minimum atomic E-state index is -4.62. The van der Waals surface area contributed by atoms with Crippen LogP contribution in [0.1, 0.15) is 16.1 Å². The number of halogens is 3. The molecule has 202 valence electrons. The number of amides is 3. The third-order valence-electron chi connectivity index (χ3n) is 5.12. The van der Waals surface area contributed by atoms with E-state index in [1.165, 1.54) is 66.0 Å². The fourth-order valence-electron chi connectivity index (χ4n) is 3.34. The van der Waals surface area contributed by atoms with E-state index >= 15 is 0 Å². The van der Waals surface area contributed by atoms with E-state index in [0.717, 1.165) is 12.1 Å². The Balaban J connectivity index is 1.44. The number of aromatic nitrogens is 4. The zero-order valence-corrected chi connectivity index (χ0v) is 19.9. The molecule has 4 rings (SSSR count). The molecule has 2 aromatic heterocycles. The molecule has 4 aromatic rings. The van der Waals surface area contributed by atoms with Crippen LogP contribution in [0.4, 0.5) is 29.3 Å². The molecule has 15 heteroatoms. The number of rotatable bonds is 8. The fraction of sp³-hybridized carbons (Fsp3) is 0.125. The van der Waals surface area contributed by atoms with Crippen molar-refractivity contribution in [2.45, 2.75) is 6.18 Å². The number of aliphatic hydroxyl groups excluding tert-OH is 1. The number of carbonyl (C=O) groups is 2. The Kier molecular flexibility index (Phi) is 7.90. The van der Waals surface area contributed by atoms with E-state index < -0.39 is 23.7 Å². The van der Waals surface area contributed by atoms with Crippen LogP contribution in [0.3, 0.4) is 0 Å². The molecular weight excluding hydrogens is 523 g/mol. The maximum Gasteiger partial charge on any atom is 0.416 e. The number of hydrogen-bond acceptors (Lipinski definition) is 7. The van der Waals surface area contributed by atoms with Crippen molar-refractivity contribution in [2.24, 2.45) is 0 Å². The number of urea groups is 1. The highest BCUT2D eigenvalue weighted by Gasteiger charge is 2.31. The molecule has 0 unspecified atom stereocenters. The highest BCUT2D eigenvalue weighted by Crippen LogP contribution is 2.33. The average molecular weight is 544 g/mol. The van der Waals surface area contributed by atoms with Gasteiger partial charge in [0.05, 0.1) is 29.6 Å². The normalized spacial score (nSPS) is 11.1. The number of ether oxygens (including phenoxy) is 1. The second-order valence-corrected chi connectivity index (χ2v) is 7.85. The van der Waals surface area contributed by atoms with Gasteiger partial charge < -0.3 is 25.8 Å². The summed E-state index contributed by atoms with van der Waals surface area (Å²) >= 11 is 0. The molecule has 0 bridgehead atoms. The van der Waals surface area contributed by atoms with Gasteiger partial charge in [-0.05, 0) is 42.5 Å². The van der Waals surface area contributed by atoms with Gasteiger partial charge in [-0.15, -0.1) is 0 Å². The SMILES string of the molecule is O=C(Nc1ccc(Oc2cc[n+](O)c(C(=O)NCCO)c2)cc1)Nc1cc(C(F)(F)F)ccc1-n1cncn1. The molecule has 0 atom stereocenters. The van der Waals surface area contributed by atoms with Crippen LogP contribution in [0, 0.1) is 0 Å². The van der Waals surface area contributed by atoms with Crippen LogP contribution in [-0.4, -0.2) is 50.2 Å². The lowest BCUT2D eigenvalue weighted by Crippen LogP contribution is -2.42. The number of benzene rings is 2. The van der Waals surface area contributed by atoms with Crippen molar-refractivity contribution in [3.05, 3.63) is 84.7 Å². The first kappa shape index (κ1) is 26.9. The van der Waals surface area contributed by atoms with E-state index in [4.69, 9.17) is 9.84 Å². The summed E-state index contributed by atoms with van der Waals surface area (Å²) in [5, 5.41) is 29.9. The van der Waals surface area contributed by atoms with Crippen LogP contribution in [-0.2, 0) is 6.18 Å². The molecule has 0 spiro atoms. The number of alkyl halides is 3. The predicted octanol–water partition coefficient (Wildman–Crippen LogP) is 2.97. The fourth-order valence-corrected chi connectivity index (χ4v) is 3.34. The van der Waals surface area contributed by atoms with Gasteiger partial charge in [-0.3, -0.25) is 10.0 Å². The molecule has 5 N–H and O–H groups in total. The first-order valence-electron chi connectivity index (χ1n) is 11.2. The van der Waals surface area contributed by atoms with Crippen LogP contribution in [0.15, 0.2) is 73.4 Å². The number of pyridine rings is 1. The van der Waals surface area contributed by atoms with Crippen molar-refractivity contribution < 1.29 is 42.5 Å². The summed E-state index contributed by atoms with van der Waals surface area (Å²) in [6.45, 7) is -0.268. The van der Waals surface area contributed by atoms with Gasteiger partial charge in [-0.2, -0.15) is 18.3 Å². The summed E-state index contributed by atoms with van der Waals surface area (Å²) < 4.78 is 47.2. The lowest BCUT2D eigenvalue weighted by atomic mass is 10.1. The maximum absolute atomic E-state index is 13.2. The van der Waals surface area contributed by atoms with Gasteiger partial charge in [0, 0.05) is 23.0 Å². The Hall–Kier alpha value is -5.18. The van der Waals surface area contributed by atoms with Gasteiger partial charge in [0.2, 0.25) is 6.20 Å². The molecular formula is C24H21F3N7O5+. The number of nitrogens with zero attached hydrogens (tertiary/aromatic N) is 4. The van der Waals surface area contributed by atoms with Crippen molar-refractivity contribution in [1.82, 2.24) is 20.1 Å². The van der Waals surface area contributed by atoms with E-state index in [-0.39, 0.29) is 36.0 Å². The molecule has 0 saturated heterocycles. The Morgan fingerprint density at radius 2 is 1.79 bits per heavy atom. The zero-order valence-electron chi connectivity index (χ0n) is 19.9. The second kappa shape index (κ2) is 11.5. The molecule has 0 aliphatic rings. The van der Waals surface area contributed by atoms with Crippen LogP contribution >= 0.6 is 0 Å². The van der Waals surface area contributed by atoms with Crippen LogP contribution in [0.2, 0.25) is 0 Å². The van der Waals surface area contributed by atoms with Crippen molar-refractivity contribution in [1.29, 1.82) is 0 Å². The quantitative estimate of drug-likeness (QED) is 0.169. The van der Waals surface area contributed by atoms with E-state index in [1.807, 2.05) is 0 Å². The van der Waals surface area contributed by atoms with Crippen molar-refractivity contribution in [3.8, 4) is 17.2 Å². The van der Waals surface area contributed by atoms with Crippen LogP contribution in [0.25, 0.3) is 5.69 Å². The van der Waals surface area contributed by atoms with Crippen molar-refractivity contribution in [3.63, 3.8) is 0 Å². The summed E-state index contributed by atoms with van der Waals surface area (Å²) in [6, 6.07) is 10.7. The molecule has 39 heavy (non-hydrogen) atoms. The molecule has 2 heterocycles. The maximum atomic E-state index is 13.2. The van der Waals surface area contributed by atoms with Crippen LogP contribution < -0.4 is 25.4 Å². The Morgan fingerprint density at radius 3 is 2.46 bits per heavy atom. The minimum Gasteiger partial charge on any atom is -0.457 e. The average Bonchev–Trinajstić information content (AvgIpc) is 3.44. The van der Waals surface area contributed by atoms with Gasteiger partial charge in [0.1, 0.15) is 24.2 Å². The highest BCUT2D eigenvalue weighted by atomic mass is 19.4. The van der Waals surface area contributed by atoms with Gasteiger partial charge in [-0.1, -0.05) is 0 Å². The Morgan fingerprint density at radius 1 is 1.03 bits per heavy atom. The van der Waals surface area contributed by atoms with Gasteiger partial charge >= 0.3 is 23.8 Å². The summed E-state index contributed by atoms with van der Waals surface area (Å²) in [5.41, 5.74) is -0.743. The summed E-state index contributed by atoms with van der Waals surface area (Å²) in [6.07, 6.45) is -0.939. The lowest BCUT2D eigenvalue weighted by molar-refractivity contribution is -0.905. The molecule has 0 radical (unpaired) electrons. The largest absolute Gasteiger partial charge is 0.457 e. The standard InChI is InChI=1S/C24H20F3N7O5/c25-24(26,27)15-1-6-20(33-14-28-13-30-33)19(11-15)32-23(37)31-16-2-4-17(5-3-16)39-18-7-9-34(38)21(12-18)22(36)29-8-10-35/h1-7,9,11-14,35H,8,10H2,(H3-,29,31,32,36,37,38)/p+1. The molecule has 0 saturated carbocycles. The first-order valence-corrected chi connectivity index (χ1v) is 11.2. The predicted molar refractivity (Wildman–Crippen MR) is 129 cm³/mol. The lowest BCUT2D eigenvalue weighted by Gasteiger charge is -2.15. The topological polar surface area (TPSA) is 155 Å². The van der Waals surface area contributed by atoms with E-state index in [0.29, 0.717) is 16.2 Å². The third-order valence-corrected chi connectivity index (χ3v) is 5.12. The highest BCUT2D eigenvalue weighted by molar-refractivity contribution is 6.01. The number of aliphatic hydroxyl groups is 1. The summed E-state index contributed by atoms with van der Waals surface area (Å²) in [4.78, 5) is 28.5. The molecule has 3 amide bonds. The van der Waals surface area contributed by atoms with E-state index in [2.05, 4.69) is 26.0 Å². The Labute approximate surface area is 218 Å². The minimum absolute atomic E-state index is 0.00147. The molecule has 0 aliphatic heterocycles. The zero-order chi connectivity index (χ0) is 28.0. The molecule has 0 aliphatic carbocycles. The first-order chi connectivity index (χ1) is 18.6. The second-order valence-electron chi connectivity index (χ2n) is 7.85. The monoisotopic (exact) mass is 544 g/mol. The van der Waals surface area contributed by atoms with Crippen molar-refractivity contribution >= 4 is 23.3 Å². The molecule has 12 nitrogen and oxygen atoms in total. The van der Waals surface area contributed by atoms with Gasteiger partial charge in [0.15, 0.2) is 0 Å². The van der Waals surface area contributed by atoms with Gasteiger partial charge in [0.25, 0.3) is 0 Å².